The van der Waals surface area contributed by atoms with Gasteiger partial charge in [0.05, 0.1) is 0 Å². The van der Waals surface area contributed by atoms with Crippen LogP contribution < -0.4 is 10.6 Å². The summed E-state index contributed by atoms with van der Waals surface area (Å²) in [5.74, 6) is 0.359. The minimum Gasteiger partial charge on any atom is -0.676 e. The van der Waals surface area contributed by atoms with Gasteiger partial charge in [0.1, 0.15) is 5.75 Å². The second-order valence-corrected chi connectivity index (χ2v) is 20.8. The van der Waals surface area contributed by atoms with Gasteiger partial charge in [-0.05, 0) is 99.2 Å². The van der Waals surface area contributed by atoms with Crippen LogP contribution in [0.3, 0.4) is 0 Å². The van der Waals surface area contributed by atoms with Gasteiger partial charge < -0.3 is 31.7 Å². The number of carbonyl (C=O) groups excluding carboxylic acids is 1. The molecule has 2 unspecified atom stereocenters. The van der Waals surface area contributed by atoms with E-state index < -0.39 is 0 Å². The van der Waals surface area contributed by atoms with Gasteiger partial charge in [-0.15, -0.1) is 5.69 Å². The summed E-state index contributed by atoms with van der Waals surface area (Å²) in [5, 5.41) is 32.8. The fourth-order valence-corrected chi connectivity index (χ4v) is 7.48. The summed E-state index contributed by atoms with van der Waals surface area (Å²) < 4.78 is 0. The van der Waals surface area contributed by atoms with Crippen molar-refractivity contribution in [2.24, 2.45) is 10.8 Å². The van der Waals surface area contributed by atoms with Crippen molar-refractivity contribution >= 4 is 17.2 Å². The number of phenols is 1. The quantitative estimate of drug-likeness (QED) is 0.117. The Kier molecular flexibility index (Phi) is 23.3. The monoisotopic (exact) mass is 954 g/mol. The van der Waals surface area contributed by atoms with Gasteiger partial charge in [-0.25, -0.2) is 0 Å². The van der Waals surface area contributed by atoms with Crippen molar-refractivity contribution in [2.45, 2.75) is 161 Å². The van der Waals surface area contributed by atoms with E-state index >= 15 is 0 Å². The molecule has 3 aromatic rings. The Labute approximate surface area is 407 Å². The van der Waals surface area contributed by atoms with E-state index in [2.05, 4.69) is 187 Å². The van der Waals surface area contributed by atoms with Crippen LogP contribution in [-0.4, -0.2) is 49.7 Å². The van der Waals surface area contributed by atoms with Crippen LogP contribution in [0.5, 0.6) is 5.75 Å². The Balaban J connectivity index is 0.00000167. The number of phenolic OH excluding ortho intramolecular Hbond substituents is 1. The van der Waals surface area contributed by atoms with Gasteiger partial charge in [-0.3, -0.25) is 4.79 Å². The third kappa shape index (κ3) is 16.5. The van der Waals surface area contributed by atoms with E-state index in [1.165, 1.54) is 5.56 Å². The third-order valence-electron chi connectivity index (χ3n) is 11.3. The third-order valence-corrected chi connectivity index (χ3v) is 11.3. The van der Waals surface area contributed by atoms with E-state index in [9.17, 15) is 9.90 Å². The van der Waals surface area contributed by atoms with Gasteiger partial charge in [-0.2, -0.15) is 26.2 Å². The van der Waals surface area contributed by atoms with E-state index in [1.54, 1.807) is 0 Å². The van der Waals surface area contributed by atoms with E-state index in [4.69, 9.17) is 5.32 Å². The smallest absolute Gasteiger partial charge is 0.676 e. The predicted octanol–water partition coefficient (Wildman–Crippen LogP) is 15.6. The molecule has 0 bridgehead atoms. The second kappa shape index (κ2) is 25.5. The molecule has 0 spiro atoms. The molecule has 3 N–H and O–H groups in total. The zero-order chi connectivity index (χ0) is 48.1. The van der Waals surface area contributed by atoms with Gasteiger partial charge in [-0.1, -0.05) is 179 Å². The maximum atomic E-state index is 13.9. The Morgan fingerprint density at radius 2 is 1.22 bits per heavy atom. The number of ketones is 1. The molecule has 1 aliphatic rings. The van der Waals surface area contributed by atoms with E-state index in [0.29, 0.717) is 11.3 Å². The number of rotatable bonds is 13. The Morgan fingerprint density at radius 1 is 0.688 bits per heavy atom. The molecule has 4 rings (SSSR count). The number of nitrogens with zero attached hydrogens (tertiary/aromatic N) is 3. The van der Waals surface area contributed by atoms with Gasteiger partial charge >= 0.3 is 22.4 Å². The summed E-state index contributed by atoms with van der Waals surface area (Å²) in [7, 11) is 0. The number of Topliss-reactive ketones (excluding diaryl/α,β-unsaturated/α-hetero) is 1. The molecular formula is C56H86N5NbO2. The zero-order valence-corrected chi connectivity index (χ0v) is 45.9. The van der Waals surface area contributed by atoms with Crippen LogP contribution in [-0.2, 0) is 38.0 Å². The molecule has 0 saturated carbocycles. The summed E-state index contributed by atoms with van der Waals surface area (Å²) in [6, 6.07) is 16.4. The molecule has 7 nitrogen and oxygen atoms in total. The van der Waals surface area contributed by atoms with Crippen LogP contribution in [0.2, 0.25) is 0 Å². The van der Waals surface area contributed by atoms with Crippen molar-refractivity contribution in [3.8, 4) is 16.9 Å². The number of hydrogen-bond donors (Lipinski definition) is 3. The van der Waals surface area contributed by atoms with Crippen LogP contribution in [0.25, 0.3) is 27.1 Å². The summed E-state index contributed by atoms with van der Waals surface area (Å²) in [5.41, 5.74) is 10.7. The van der Waals surface area contributed by atoms with Gasteiger partial charge in [0.25, 0.3) is 0 Å². The largest absolute Gasteiger partial charge is 3.00 e. The molecule has 2 atom stereocenters. The van der Waals surface area contributed by atoms with Crippen LogP contribution in [0, 0.1) is 24.7 Å². The Bertz CT molecular complexity index is 2040. The molecule has 0 saturated heterocycles. The molecule has 8 heteroatoms. The topological polar surface area (TPSA) is 104 Å². The van der Waals surface area contributed by atoms with Crippen molar-refractivity contribution in [1.82, 2.24) is 5.32 Å². The molecule has 0 heterocycles. The minimum absolute atomic E-state index is 0. The number of benzene rings is 3. The van der Waals surface area contributed by atoms with Crippen molar-refractivity contribution < 1.29 is 32.3 Å². The fraction of sp³-hybridized carbons (Fsp3) is 0.554. The van der Waals surface area contributed by atoms with Crippen molar-refractivity contribution in [1.29, 1.82) is 0 Å². The van der Waals surface area contributed by atoms with Crippen molar-refractivity contribution in [3.05, 3.63) is 127 Å². The van der Waals surface area contributed by atoms with Gasteiger partial charge in [0.15, 0.2) is 5.78 Å². The molecule has 3 aromatic carbocycles. The molecule has 0 aromatic heterocycles. The summed E-state index contributed by atoms with van der Waals surface area (Å²) in [6.07, 6.45) is 5.99. The number of hydrogen-bond acceptors (Lipinski definition) is 4. The first kappa shape index (κ1) is 58.6. The maximum Gasteiger partial charge on any atom is 3.00 e. The molecule has 1 aliphatic carbocycles. The first-order valence-electron chi connectivity index (χ1n) is 23.4. The molecule has 352 valence electrons. The van der Waals surface area contributed by atoms with E-state index in [0.717, 1.165) is 88.6 Å². The molecular weight excluding hydrogens is 868 g/mol. The summed E-state index contributed by atoms with van der Waals surface area (Å²) >= 11 is 0. The normalized spacial score (nSPS) is 14.8. The number of likely N-dealkylation sites (N-methyl/N-ethyl adjacent to an activating group) is 1. The van der Waals surface area contributed by atoms with Crippen LogP contribution in [0.4, 0.5) is 11.4 Å². The zero-order valence-electron chi connectivity index (χ0n) is 43.7. The number of carbonyl (C=O) groups is 1. The first-order valence-corrected chi connectivity index (χ1v) is 23.4. The number of nitrogens with one attached hydrogen (secondary N) is 2. The second-order valence-electron chi connectivity index (χ2n) is 20.8. The summed E-state index contributed by atoms with van der Waals surface area (Å²) in [6.45, 7) is 47.3. The van der Waals surface area contributed by atoms with Crippen LogP contribution in [0.1, 0.15) is 158 Å². The number of allylic oxidation sites excluding steroid dienone is 5. The molecule has 0 radical (unpaired) electrons. The Morgan fingerprint density at radius 3 is 1.67 bits per heavy atom. The van der Waals surface area contributed by atoms with Crippen molar-refractivity contribution in [3.63, 3.8) is 0 Å². The van der Waals surface area contributed by atoms with Gasteiger partial charge in [0, 0.05) is 28.6 Å². The molecule has 64 heavy (non-hydrogen) atoms. The summed E-state index contributed by atoms with van der Waals surface area (Å²) in [4.78, 5) is 13.9. The molecule has 0 fully saturated rings. The minimum atomic E-state index is -0.370. The first-order chi connectivity index (χ1) is 29.2. The van der Waals surface area contributed by atoms with Gasteiger partial charge in [0.2, 0.25) is 0 Å². The molecule has 0 amide bonds. The SMILES string of the molecule is CCNC(C)C([N-]c1cccc(C)c1-c1c(C)cccc1NC=C1C=C(C(C)(C)C)C=C(C(C)(C)C)C1=O)c1cc(C(C)(C)C)cc(C(C)(C)C)c1O.CC[N-]CC.CC[N-]CC.[Nb+3]. The predicted molar refractivity (Wildman–Crippen MR) is 276 cm³/mol. The average Bonchev–Trinajstić information content (AvgIpc) is 3.16. The molecule has 0 aliphatic heterocycles. The maximum absolute atomic E-state index is 13.9. The number of aromatic hydroxyl groups is 1. The van der Waals surface area contributed by atoms with Crippen molar-refractivity contribution in [2.75, 3.05) is 38.0 Å². The Hall–Kier alpha value is -3.43. The van der Waals surface area contributed by atoms with E-state index in [1.807, 2.05) is 40.0 Å². The van der Waals surface area contributed by atoms with E-state index in [-0.39, 0.29) is 61.9 Å². The number of aryl methyl sites for hydroxylation is 2. The standard InChI is InChI=1S/C48H66N3O2.2C4H10N.Nb/c1-17-49-31(4)42(35-25-34(46(8,9)10)27-37(44(35)53)48(14,15)16)51-39-23-19-21-30(3)41(39)40-29(2)20-18-22-38(40)50-28-32-24-33(45(5,6)7)26-36(43(32)52)47(11,12)13;2*1-3-5-4-2;/h18-28,31,42,49,53H,17H2,1-16H3,(H,50,52);2*3-4H2,1-2H3;/q3*-1;+3. The van der Waals surface area contributed by atoms with Crippen LogP contribution in [0.15, 0.2) is 83.6 Å². The average molecular weight is 954 g/mol. The number of anilines is 1. The fourth-order valence-electron chi connectivity index (χ4n) is 7.48. The van der Waals surface area contributed by atoms with Crippen LogP contribution >= 0.6 is 0 Å².